The van der Waals surface area contributed by atoms with Gasteiger partial charge in [0.2, 0.25) is 0 Å². The standard InChI is InChI=1S/C60H108NO7P/c1-6-8-10-12-14-16-18-20-22-24-26-28-29-30-31-32-34-36-38-40-42-44-46-48-50-52-55-65-57-59(58-67-69(63,64)66-56-54-61(3,4)5)68-60(62)53-51-49-47-45-43-41-39-37-35-33-27-25-23-21-19-17-15-13-11-9-7-2/h9,11,15,17-18,20-21,23-24,26-27,29-30,33,59H,6-8,10,12-14,16,19,22,25,28,31-32,34-58H2,1-5H3/p+1/b11-9-,17-15-,20-18-,23-21-,26-24-,30-29-,33-27-. The van der Waals surface area contributed by atoms with E-state index in [0.29, 0.717) is 24.1 Å². The number of esters is 1. The van der Waals surface area contributed by atoms with Crippen LogP contribution in [0.15, 0.2) is 85.1 Å². The Morgan fingerprint density at radius 1 is 0.464 bits per heavy atom. The van der Waals surface area contributed by atoms with Crippen LogP contribution in [0, 0.1) is 0 Å². The summed E-state index contributed by atoms with van der Waals surface area (Å²) in [6.45, 7) is 5.49. The molecule has 0 rings (SSSR count). The van der Waals surface area contributed by atoms with Crippen molar-refractivity contribution in [3.63, 3.8) is 0 Å². The molecule has 0 fully saturated rings. The number of quaternary nitrogens is 1. The summed E-state index contributed by atoms with van der Waals surface area (Å²) in [5, 5.41) is 0. The van der Waals surface area contributed by atoms with Crippen molar-refractivity contribution in [1.82, 2.24) is 0 Å². The SMILES string of the molecule is CC/C=C\C/C=C\C/C=C\C/C=C\CCCCCCCCCCC(=O)OC(COCCCCCCCCCCCCC/C=C\C/C=C\C/C=C\CCCCCCC)COP(=O)(O)OCC[N+](C)(C)C. The zero-order valence-electron chi connectivity index (χ0n) is 45.5. The van der Waals surface area contributed by atoms with Gasteiger partial charge in [-0.3, -0.25) is 13.8 Å². The van der Waals surface area contributed by atoms with Crippen molar-refractivity contribution in [2.75, 3.05) is 54.1 Å². The average molecular weight is 988 g/mol. The molecular formula is C60H109NO7P+. The van der Waals surface area contributed by atoms with Crippen molar-refractivity contribution in [3.8, 4) is 0 Å². The van der Waals surface area contributed by atoms with E-state index in [1.807, 2.05) is 21.1 Å². The number of hydrogen-bond acceptors (Lipinski definition) is 6. The van der Waals surface area contributed by atoms with E-state index < -0.39 is 13.9 Å². The van der Waals surface area contributed by atoms with Crippen LogP contribution < -0.4 is 0 Å². The van der Waals surface area contributed by atoms with Gasteiger partial charge in [-0.25, -0.2) is 4.57 Å². The minimum absolute atomic E-state index is 0.0824. The zero-order valence-corrected chi connectivity index (χ0v) is 46.4. The fourth-order valence-corrected chi connectivity index (χ4v) is 8.35. The van der Waals surface area contributed by atoms with Crippen LogP contribution in [-0.4, -0.2) is 75.6 Å². The monoisotopic (exact) mass is 987 g/mol. The molecule has 0 heterocycles. The second kappa shape index (κ2) is 52.0. The Labute approximate surface area is 426 Å². The van der Waals surface area contributed by atoms with E-state index >= 15 is 0 Å². The van der Waals surface area contributed by atoms with E-state index in [1.54, 1.807) is 0 Å². The molecule has 2 unspecified atom stereocenters. The fourth-order valence-electron chi connectivity index (χ4n) is 7.61. The van der Waals surface area contributed by atoms with Crippen LogP contribution in [-0.2, 0) is 27.9 Å². The summed E-state index contributed by atoms with van der Waals surface area (Å²) in [7, 11) is 1.65. The first-order valence-electron chi connectivity index (χ1n) is 28.3. The number of carbonyl (C=O) groups is 1. The summed E-state index contributed by atoms with van der Waals surface area (Å²) in [5.74, 6) is -0.324. The van der Waals surface area contributed by atoms with Gasteiger partial charge in [0.15, 0.2) is 0 Å². The Bertz CT molecular complexity index is 1380. The molecule has 2 atom stereocenters. The minimum atomic E-state index is -4.29. The molecule has 0 aliphatic rings. The summed E-state index contributed by atoms with van der Waals surface area (Å²) in [4.78, 5) is 23.1. The highest BCUT2D eigenvalue weighted by Gasteiger charge is 2.26. The Kier molecular flexibility index (Phi) is 50.3. The quantitative estimate of drug-likeness (QED) is 0.0213. The lowest BCUT2D eigenvalue weighted by atomic mass is 10.1. The van der Waals surface area contributed by atoms with Gasteiger partial charge < -0.3 is 18.9 Å². The highest BCUT2D eigenvalue weighted by molar-refractivity contribution is 7.47. The van der Waals surface area contributed by atoms with Crippen molar-refractivity contribution >= 4 is 13.8 Å². The Balaban J connectivity index is 4.11. The number of ether oxygens (including phenoxy) is 2. The lowest BCUT2D eigenvalue weighted by Gasteiger charge is -2.24. The molecule has 0 amide bonds. The van der Waals surface area contributed by atoms with Gasteiger partial charge in [0.25, 0.3) is 0 Å². The number of phosphoric acid groups is 1. The molecule has 0 aliphatic heterocycles. The van der Waals surface area contributed by atoms with E-state index in [9.17, 15) is 14.3 Å². The first-order valence-corrected chi connectivity index (χ1v) is 29.8. The largest absolute Gasteiger partial charge is 0.472 e. The third kappa shape index (κ3) is 56.5. The highest BCUT2D eigenvalue weighted by Crippen LogP contribution is 2.43. The molecule has 8 nitrogen and oxygen atoms in total. The number of hydrogen-bond donors (Lipinski definition) is 1. The first-order chi connectivity index (χ1) is 33.6. The van der Waals surface area contributed by atoms with Crippen LogP contribution in [0.5, 0.6) is 0 Å². The Morgan fingerprint density at radius 2 is 0.841 bits per heavy atom. The van der Waals surface area contributed by atoms with E-state index in [-0.39, 0.29) is 25.8 Å². The molecule has 0 saturated carbocycles. The van der Waals surface area contributed by atoms with Gasteiger partial charge >= 0.3 is 13.8 Å². The van der Waals surface area contributed by atoms with Crippen molar-refractivity contribution in [1.29, 1.82) is 0 Å². The van der Waals surface area contributed by atoms with Gasteiger partial charge in [-0.05, 0) is 89.9 Å². The van der Waals surface area contributed by atoms with Crippen molar-refractivity contribution in [2.45, 2.75) is 238 Å². The van der Waals surface area contributed by atoms with Gasteiger partial charge in [0, 0.05) is 13.0 Å². The van der Waals surface area contributed by atoms with Crippen LogP contribution >= 0.6 is 7.82 Å². The van der Waals surface area contributed by atoms with Crippen LogP contribution in [0.3, 0.4) is 0 Å². The third-order valence-electron chi connectivity index (χ3n) is 11.9. The topological polar surface area (TPSA) is 91.3 Å². The van der Waals surface area contributed by atoms with E-state index in [4.69, 9.17) is 18.5 Å². The van der Waals surface area contributed by atoms with E-state index in [1.165, 1.54) is 135 Å². The van der Waals surface area contributed by atoms with E-state index in [2.05, 4.69) is 98.9 Å². The molecule has 0 aromatic rings. The predicted octanol–water partition coefficient (Wildman–Crippen LogP) is 18.0. The molecule has 0 aliphatic carbocycles. The summed E-state index contributed by atoms with van der Waals surface area (Å²) in [6.07, 6.45) is 70.7. The molecule has 0 radical (unpaired) electrons. The molecule has 0 bridgehead atoms. The number of phosphoric ester groups is 1. The van der Waals surface area contributed by atoms with Crippen LogP contribution in [0.25, 0.3) is 0 Å². The number of rotatable bonds is 52. The molecule has 0 spiro atoms. The molecule has 69 heavy (non-hydrogen) atoms. The highest BCUT2D eigenvalue weighted by atomic mass is 31.2. The second-order valence-electron chi connectivity index (χ2n) is 19.9. The Morgan fingerprint density at radius 3 is 1.26 bits per heavy atom. The molecule has 0 aromatic heterocycles. The lowest BCUT2D eigenvalue weighted by Crippen LogP contribution is -2.37. The molecular weight excluding hydrogens is 878 g/mol. The number of carbonyl (C=O) groups excluding carboxylic acids is 1. The van der Waals surface area contributed by atoms with Crippen molar-refractivity contribution in [2.24, 2.45) is 0 Å². The number of nitrogens with zero attached hydrogens (tertiary/aromatic N) is 1. The lowest BCUT2D eigenvalue weighted by molar-refractivity contribution is -0.870. The zero-order chi connectivity index (χ0) is 50.5. The maximum atomic E-state index is 12.8. The Hall–Kier alpha value is -2.32. The van der Waals surface area contributed by atoms with Crippen LogP contribution in [0.1, 0.15) is 232 Å². The van der Waals surface area contributed by atoms with Gasteiger partial charge in [-0.1, -0.05) is 221 Å². The van der Waals surface area contributed by atoms with Gasteiger partial charge in [0.1, 0.15) is 19.3 Å². The molecule has 1 N–H and O–H groups in total. The first kappa shape index (κ1) is 66.7. The number of allylic oxidation sites excluding steroid dienone is 14. The maximum Gasteiger partial charge on any atom is 0.472 e. The van der Waals surface area contributed by atoms with Gasteiger partial charge in [-0.2, -0.15) is 0 Å². The van der Waals surface area contributed by atoms with E-state index in [0.717, 1.165) is 77.0 Å². The fraction of sp³-hybridized carbons (Fsp3) is 0.750. The molecule has 400 valence electrons. The van der Waals surface area contributed by atoms with Crippen molar-refractivity contribution in [3.05, 3.63) is 85.1 Å². The van der Waals surface area contributed by atoms with Gasteiger partial charge in [-0.15, -0.1) is 0 Å². The minimum Gasteiger partial charge on any atom is -0.457 e. The summed E-state index contributed by atoms with van der Waals surface area (Å²) in [6, 6.07) is 0. The number of likely N-dealkylation sites (N-methyl/N-ethyl adjacent to an activating group) is 1. The molecule has 0 aromatic carbocycles. The summed E-state index contributed by atoms with van der Waals surface area (Å²) in [5.41, 5.74) is 0. The normalized spacial score (nSPS) is 14.1. The van der Waals surface area contributed by atoms with Crippen molar-refractivity contribution < 1.29 is 37.3 Å². The summed E-state index contributed by atoms with van der Waals surface area (Å²) < 4.78 is 35.2. The number of unbranched alkanes of at least 4 members (excludes halogenated alkanes) is 24. The molecule has 0 saturated heterocycles. The van der Waals surface area contributed by atoms with Crippen LogP contribution in [0.4, 0.5) is 0 Å². The average Bonchev–Trinajstić information content (AvgIpc) is 3.31. The summed E-state index contributed by atoms with van der Waals surface area (Å²) >= 11 is 0. The molecule has 9 heteroatoms. The predicted molar refractivity (Wildman–Crippen MR) is 298 cm³/mol. The van der Waals surface area contributed by atoms with Crippen LogP contribution in [0.2, 0.25) is 0 Å². The van der Waals surface area contributed by atoms with Gasteiger partial charge in [0.05, 0.1) is 34.4 Å². The third-order valence-corrected chi connectivity index (χ3v) is 12.9. The smallest absolute Gasteiger partial charge is 0.457 e. The second-order valence-corrected chi connectivity index (χ2v) is 21.4. The maximum absolute atomic E-state index is 12.8.